The van der Waals surface area contributed by atoms with E-state index in [1.54, 1.807) is 30.5 Å². The third kappa shape index (κ3) is 4.22. The van der Waals surface area contributed by atoms with E-state index in [4.69, 9.17) is 17.3 Å². The number of rotatable bonds is 4. The summed E-state index contributed by atoms with van der Waals surface area (Å²) in [7, 11) is 0. The fourth-order valence-corrected chi connectivity index (χ4v) is 1.92. The van der Waals surface area contributed by atoms with E-state index in [9.17, 15) is 9.59 Å². The molecule has 7 nitrogen and oxygen atoms in total. The molecule has 0 aliphatic rings. The van der Waals surface area contributed by atoms with Gasteiger partial charge in [0.25, 0.3) is 0 Å². The molecule has 0 aliphatic heterocycles. The summed E-state index contributed by atoms with van der Waals surface area (Å²) in [5.74, 6) is -0.128. The molecule has 1 aromatic heterocycles. The van der Waals surface area contributed by atoms with Crippen LogP contribution in [0, 0.1) is 0 Å². The largest absolute Gasteiger partial charge is 0.382 e. The van der Waals surface area contributed by atoms with Crippen molar-refractivity contribution >= 4 is 40.6 Å². The Morgan fingerprint density at radius 2 is 2.10 bits per heavy atom. The van der Waals surface area contributed by atoms with Gasteiger partial charge in [0.2, 0.25) is 11.8 Å². The van der Waals surface area contributed by atoms with Crippen LogP contribution in [-0.4, -0.2) is 21.6 Å². The second-order valence-corrected chi connectivity index (χ2v) is 4.77. The number of nitrogens with one attached hydrogen (secondary N) is 2. The first-order chi connectivity index (χ1) is 9.94. The standard InChI is InChI=1S/C13H14ClN5O2/c1-8(20)16-11-3-2-9(6-10(11)14)17-13(21)7-19-5-4-12(15)18-19/h2-6H,7H2,1H3,(H2,15,18)(H,16,20)(H,17,21). The molecule has 0 bridgehead atoms. The van der Waals surface area contributed by atoms with Gasteiger partial charge < -0.3 is 16.4 Å². The maximum atomic E-state index is 11.8. The molecule has 0 aliphatic carbocycles. The highest BCUT2D eigenvalue weighted by atomic mass is 35.5. The van der Waals surface area contributed by atoms with E-state index in [2.05, 4.69) is 15.7 Å². The molecule has 4 N–H and O–H groups in total. The first-order valence-electron chi connectivity index (χ1n) is 6.10. The second kappa shape index (κ2) is 6.27. The fraction of sp³-hybridized carbons (Fsp3) is 0.154. The zero-order chi connectivity index (χ0) is 15.4. The predicted molar refractivity (Wildman–Crippen MR) is 81.0 cm³/mol. The Hall–Kier alpha value is -2.54. The summed E-state index contributed by atoms with van der Waals surface area (Å²) in [4.78, 5) is 22.8. The quantitative estimate of drug-likeness (QED) is 0.800. The molecule has 21 heavy (non-hydrogen) atoms. The minimum Gasteiger partial charge on any atom is -0.382 e. The number of hydrogen-bond acceptors (Lipinski definition) is 4. The van der Waals surface area contributed by atoms with Crippen LogP contribution in [0.5, 0.6) is 0 Å². The van der Waals surface area contributed by atoms with Gasteiger partial charge >= 0.3 is 0 Å². The summed E-state index contributed by atoms with van der Waals surface area (Å²) in [5.41, 5.74) is 6.48. The Morgan fingerprint density at radius 3 is 2.67 bits per heavy atom. The lowest BCUT2D eigenvalue weighted by Crippen LogP contribution is -2.19. The molecule has 0 atom stereocenters. The first-order valence-corrected chi connectivity index (χ1v) is 6.48. The van der Waals surface area contributed by atoms with E-state index in [1.807, 2.05) is 0 Å². The number of carbonyl (C=O) groups excluding carboxylic acids is 2. The van der Waals surface area contributed by atoms with Crippen LogP contribution in [0.3, 0.4) is 0 Å². The van der Waals surface area contributed by atoms with Crippen molar-refractivity contribution in [1.29, 1.82) is 0 Å². The Bertz CT molecular complexity index is 683. The Labute approximate surface area is 126 Å². The van der Waals surface area contributed by atoms with Crippen LogP contribution in [0.25, 0.3) is 0 Å². The zero-order valence-electron chi connectivity index (χ0n) is 11.3. The van der Waals surface area contributed by atoms with E-state index < -0.39 is 0 Å². The van der Waals surface area contributed by atoms with Crippen LogP contribution in [0.15, 0.2) is 30.5 Å². The maximum absolute atomic E-state index is 11.8. The van der Waals surface area contributed by atoms with Crippen molar-refractivity contribution in [2.45, 2.75) is 13.5 Å². The highest BCUT2D eigenvalue weighted by Gasteiger charge is 2.07. The van der Waals surface area contributed by atoms with Gasteiger partial charge in [0.15, 0.2) is 0 Å². The van der Waals surface area contributed by atoms with Crippen molar-refractivity contribution in [2.24, 2.45) is 0 Å². The van der Waals surface area contributed by atoms with Gasteiger partial charge in [0, 0.05) is 18.8 Å². The third-order valence-electron chi connectivity index (χ3n) is 2.53. The van der Waals surface area contributed by atoms with Crippen LogP contribution in [0.4, 0.5) is 17.2 Å². The second-order valence-electron chi connectivity index (χ2n) is 4.36. The lowest BCUT2D eigenvalue weighted by Gasteiger charge is -2.09. The Morgan fingerprint density at radius 1 is 1.33 bits per heavy atom. The van der Waals surface area contributed by atoms with Crippen LogP contribution in [0.1, 0.15) is 6.92 Å². The van der Waals surface area contributed by atoms with Crippen molar-refractivity contribution in [3.8, 4) is 0 Å². The molecule has 0 saturated heterocycles. The third-order valence-corrected chi connectivity index (χ3v) is 2.84. The van der Waals surface area contributed by atoms with Crippen molar-refractivity contribution < 1.29 is 9.59 Å². The van der Waals surface area contributed by atoms with Crippen molar-refractivity contribution in [2.75, 3.05) is 16.4 Å². The molecular formula is C13H14ClN5O2. The van der Waals surface area contributed by atoms with Crippen molar-refractivity contribution in [3.05, 3.63) is 35.5 Å². The summed E-state index contributed by atoms with van der Waals surface area (Å²) < 4.78 is 1.43. The fourth-order valence-electron chi connectivity index (χ4n) is 1.70. The predicted octanol–water partition coefficient (Wildman–Crippen LogP) is 1.72. The lowest BCUT2D eigenvalue weighted by molar-refractivity contribution is -0.117. The van der Waals surface area contributed by atoms with E-state index in [0.29, 0.717) is 22.2 Å². The van der Waals surface area contributed by atoms with E-state index in [1.165, 1.54) is 11.6 Å². The van der Waals surface area contributed by atoms with E-state index >= 15 is 0 Å². The Kier molecular flexibility index (Phi) is 4.44. The van der Waals surface area contributed by atoms with Gasteiger partial charge in [-0.1, -0.05) is 11.6 Å². The minimum atomic E-state index is -0.263. The highest BCUT2D eigenvalue weighted by Crippen LogP contribution is 2.25. The number of nitrogens with zero attached hydrogens (tertiary/aromatic N) is 2. The van der Waals surface area contributed by atoms with Gasteiger partial charge in [-0.15, -0.1) is 0 Å². The number of hydrogen-bond donors (Lipinski definition) is 3. The van der Waals surface area contributed by atoms with Gasteiger partial charge in [-0.2, -0.15) is 5.10 Å². The summed E-state index contributed by atoms with van der Waals surface area (Å²) in [6.45, 7) is 1.43. The molecule has 0 fully saturated rings. The average molecular weight is 308 g/mol. The summed E-state index contributed by atoms with van der Waals surface area (Å²) in [6.07, 6.45) is 1.61. The summed E-state index contributed by atoms with van der Waals surface area (Å²) >= 11 is 6.02. The Balaban J connectivity index is 2.01. The number of anilines is 3. The van der Waals surface area contributed by atoms with Crippen LogP contribution < -0.4 is 16.4 Å². The summed E-state index contributed by atoms with van der Waals surface area (Å²) in [5, 5.41) is 9.52. The molecule has 0 radical (unpaired) electrons. The molecule has 8 heteroatoms. The topological polar surface area (TPSA) is 102 Å². The van der Waals surface area contributed by atoms with Crippen LogP contribution >= 0.6 is 11.6 Å². The van der Waals surface area contributed by atoms with Crippen molar-refractivity contribution in [1.82, 2.24) is 9.78 Å². The zero-order valence-corrected chi connectivity index (χ0v) is 12.0. The van der Waals surface area contributed by atoms with Gasteiger partial charge in [-0.25, -0.2) is 0 Å². The molecule has 0 unspecified atom stereocenters. The number of aromatic nitrogens is 2. The van der Waals surface area contributed by atoms with E-state index in [-0.39, 0.29) is 18.4 Å². The molecule has 0 spiro atoms. The van der Waals surface area contributed by atoms with Gasteiger partial charge in [0.05, 0.1) is 10.7 Å². The number of amides is 2. The highest BCUT2D eigenvalue weighted by molar-refractivity contribution is 6.34. The van der Waals surface area contributed by atoms with Crippen LogP contribution in [0.2, 0.25) is 5.02 Å². The van der Waals surface area contributed by atoms with Gasteiger partial charge in [0.1, 0.15) is 12.4 Å². The number of carbonyl (C=O) groups is 2. The molecule has 0 saturated carbocycles. The summed E-state index contributed by atoms with van der Waals surface area (Å²) in [6, 6.07) is 6.42. The molecule has 2 amide bonds. The van der Waals surface area contributed by atoms with Gasteiger partial charge in [-0.3, -0.25) is 14.3 Å². The van der Waals surface area contributed by atoms with Crippen molar-refractivity contribution in [3.63, 3.8) is 0 Å². The molecule has 2 aromatic rings. The minimum absolute atomic E-state index is 0.0439. The number of nitrogen functional groups attached to an aromatic ring is 1. The molecule has 110 valence electrons. The number of nitrogens with two attached hydrogens (primary N) is 1. The van der Waals surface area contributed by atoms with Crippen LogP contribution in [-0.2, 0) is 16.1 Å². The molecule has 2 rings (SSSR count). The normalized spacial score (nSPS) is 10.2. The molecule has 1 aromatic carbocycles. The maximum Gasteiger partial charge on any atom is 0.246 e. The molecular weight excluding hydrogens is 294 g/mol. The smallest absolute Gasteiger partial charge is 0.246 e. The number of benzene rings is 1. The molecule has 1 heterocycles. The first kappa shape index (κ1) is 14.9. The monoisotopic (exact) mass is 307 g/mol. The number of halogens is 1. The van der Waals surface area contributed by atoms with E-state index in [0.717, 1.165) is 0 Å². The lowest BCUT2D eigenvalue weighted by atomic mass is 10.2. The average Bonchev–Trinajstić information content (AvgIpc) is 2.77. The van der Waals surface area contributed by atoms with Gasteiger partial charge in [-0.05, 0) is 24.3 Å². The SMILES string of the molecule is CC(=O)Nc1ccc(NC(=O)Cn2ccc(N)n2)cc1Cl.